The van der Waals surface area contributed by atoms with E-state index in [2.05, 4.69) is 0 Å². The van der Waals surface area contributed by atoms with Gasteiger partial charge in [0.1, 0.15) is 5.75 Å². The second-order valence-electron chi connectivity index (χ2n) is 4.77. The minimum Gasteiger partial charge on any atom is -0.496 e. The van der Waals surface area contributed by atoms with Gasteiger partial charge in [0.25, 0.3) is 0 Å². The van der Waals surface area contributed by atoms with Crippen LogP contribution in [0.4, 0.5) is 0 Å². The van der Waals surface area contributed by atoms with Crippen LogP contribution in [-0.2, 0) is 6.42 Å². The van der Waals surface area contributed by atoms with Crippen LogP contribution in [0.15, 0.2) is 36.4 Å². The molecule has 20 heavy (non-hydrogen) atoms. The fourth-order valence-electron chi connectivity index (χ4n) is 2.26. The molecule has 0 amide bonds. The highest BCUT2D eigenvalue weighted by molar-refractivity contribution is 6.31. The van der Waals surface area contributed by atoms with Crippen molar-refractivity contribution in [2.45, 2.75) is 19.4 Å². The number of hydrogen-bond donors (Lipinski definition) is 1. The van der Waals surface area contributed by atoms with Crippen LogP contribution in [0.3, 0.4) is 0 Å². The van der Waals surface area contributed by atoms with Crippen LogP contribution in [0, 0.1) is 6.92 Å². The lowest BCUT2D eigenvalue weighted by atomic mass is 9.96. The molecular formula is C16H17Cl2NO. The molecule has 4 heteroatoms. The summed E-state index contributed by atoms with van der Waals surface area (Å²) in [5, 5.41) is 1.37. The van der Waals surface area contributed by atoms with Gasteiger partial charge >= 0.3 is 0 Å². The first-order chi connectivity index (χ1) is 9.51. The first-order valence-electron chi connectivity index (χ1n) is 6.35. The van der Waals surface area contributed by atoms with Gasteiger partial charge in [-0.05, 0) is 60.4 Å². The van der Waals surface area contributed by atoms with Crippen molar-refractivity contribution in [2.24, 2.45) is 5.73 Å². The Morgan fingerprint density at radius 3 is 2.45 bits per heavy atom. The fourth-order valence-corrected chi connectivity index (χ4v) is 2.64. The number of halogens is 2. The van der Waals surface area contributed by atoms with Crippen LogP contribution in [0.25, 0.3) is 0 Å². The smallest absolute Gasteiger partial charge is 0.122 e. The number of nitrogens with two attached hydrogens (primary N) is 1. The monoisotopic (exact) mass is 309 g/mol. The van der Waals surface area contributed by atoms with Gasteiger partial charge in [-0.2, -0.15) is 0 Å². The highest BCUT2D eigenvalue weighted by Gasteiger charge is 2.13. The Kier molecular flexibility index (Phi) is 4.92. The molecule has 2 N–H and O–H groups in total. The molecule has 0 radical (unpaired) electrons. The summed E-state index contributed by atoms with van der Waals surface area (Å²) in [6.45, 7) is 2.03. The summed E-state index contributed by atoms with van der Waals surface area (Å²) >= 11 is 12.1. The molecule has 0 aliphatic heterocycles. The topological polar surface area (TPSA) is 35.2 Å². The summed E-state index contributed by atoms with van der Waals surface area (Å²) in [4.78, 5) is 0. The molecular weight excluding hydrogens is 293 g/mol. The zero-order valence-electron chi connectivity index (χ0n) is 11.5. The van der Waals surface area contributed by atoms with Gasteiger partial charge in [0.2, 0.25) is 0 Å². The number of aryl methyl sites for hydroxylation is 1. The molecule has 0 aromatic heterocycles. The molecule has 2 nitrogen and oxygen atoms in total. The van der Waals surface area contributed by atoms with Crippen LogP contribution in [-0.4, -0.2) is 7.11 Å². The predicted octanol–water partition coefficient (Wildman–Crippen LogP) is 4.55. The third-order valence-corrected chi connectivity index (χ3v) is 3.79. The van der Waals surface area contributed by atoms with Crippen LogP contribution in [0.5, 0.6) is 5.75 Å². The first kappa shape index (κ1) is 15.2. The quantitative estimate of drug-likeness (QED) is 0.899. The summed E-state index contributed by atoms with van der Waals surface area (Å²) < 4.78 is 5.35. The first-order valence-corrected chi connectivity index (χ1v) is 7.11. The molecule has 0 aliphatic carbocycles. The normalized spacial score (nSPS) is 12.2. The average Bonchev–Trinajstić information content (AvgIpc) is 2.41. The molecule has 0 heterocycles. The molecule has 106 valence electrons. The van der Waals surface area contributed by atoms with Gasteiger partial charge in [0, 0.05) is 16.1 Å². The zero-order chi connectivity index (χ0) is 14.7. The predicted molar refractivity (Wildman–Crippen MR) is 84.8 cm³/mol. The third kappa shape index (κ3) is 3.45. The molecule has 0 saturated heterocycles. The maximum Gasteiger partial charge on any atom is 0.122 e. The van der Waals surface area contributed by atoms with Crippen LogP contribution >= 0.6 is 23.2 Å². The summed E-state index contributed by atoms with van der Waals surface area (Å²) in [5.41, 5.74) is 9.47. The van der Waals surface area contributed by atoms with E-state index in [0.717, 1.165) is 22.4 Å². The van der Waals surface area contributed by atoms with Crippen LogP contribution in [0.2, 0.25) is 10.0 Å². The number of rotatable bonds is 4. The molecule has 0 saturated carbocycles. The highest BCUT2D eigenvalue weighted by atomic mass is 35.5. The van der Waals surface area contributed by atoms with E-state index < -0.39 is 0 Å². The average molecular weight is 310 g/mol. The van der Waals surface area contributed by atoms with Crippen molar-refractivity contribution < 1.29 is 4.74 Å². The zero-order valence-corrected chi connectivity index (χ0v) is 13.0. The standard InChI is InChI=1S/C16H17Cl2NO/c1-10-3-4-13(18)9-14(10)15(19)8-11-7-12(17)5-6-16(11)20-2/h3-7,9,15H,8,19H2,1-2H3. The van der Waals surface area contributed by atoms with Crippen molar-refractivity contribution in [1.82, 2.24) is 0 Å². The number of hydrogen-bond acceptors (Lipinski definition) is 2. The summed E-state index contributed by atoms with van der Waals surface area (Å²) in [5.74, 6) is 0.796. The Balaban J connectivity index is 2.29. The third-order valence-electron chi connectivity index (χ3n) is 3.32. The maximum absolute atomic E-state index is 6.31. The van der Waals surface area contributed by atoms with Crippen molar-refractivity contribution in [3.05, 3.63) is 63.1 Å². The van der Waals surface area contributed by atoms with Crippen molar-refractivity contribution >= 4 is 23.2 Å². The van der Waals surface area contributed by atoms with E-state index in [1.807, 2.05) is 37.3 Å². The minimum absolute atomic E-state index is 0.152. The van der Waals surface area contributed by atoms with E-state index in [-0.39, 0.29) is 6.04 Å². The molecule has 2 aromatic rings. The lowest BCUT2D eigenvalue weighted by Crippen LogP contribution is -2.15. The summed E-state index contributed by atoms with van der Waals surface area (Å²) in [7, 11) is 1.64. The Hall–Kier alpha value is -1.22. The van der Waals surface area contributed by atoms with Gasteiger partial charge in [-0.1, -0.05) is 29.3 Å². The largest absolute Gasteiger partial charge is 0.496 e. The maximum atomic E-state index is 6.31. The molecule has 2 rings (SSSR count). The van der Waals surface area contributed by atoms with Crippen molar-refractivity contribution in [2.75, 3.05) is 7.11 Å². The Labute approximate surface area is 129 Å². The highest BCUT2D eigenvalue weighted by Crippen LogP contribution is 2.29. The fraction of sp³-hybridized carbons (Fsp3) is 0.250. The molecule has 0 spiro atoms. The van der Waals surface area contributed by atoms with Gasteiger partial charge in [-0.15, -0.1) is 0 Å². The molecule has 1 unspecified atom stereocenters. The summed E-state index contributed by atoms with van der Waals surface area (Å²) in [6, 6.07) is 11.2. The Morgan fingerprint density at radius 1 is 1.10 bits per heavy atom. The molecule has 0 fully saturated rings. The van der Waals surface area contributed by atoms with Gasteiger partial charge in [-0.3, -0.25) is 0 Å². The lowest BCUT2D eigenvalue weighted by molar-refractivity contribution is 0.408. The van der Waals surface area contributed by atoms with Gasteiger partial charge < -0.3 is 10.5 Å². The second-order valence-corrected chi connectivity index (χ2v) is 5.64. The molecule has 0 aliphatic rings. The van der Waals surface area contributed by atoms with Crippen LogP contribution < -0.4 is 10.5 Å². The van der Waals surface area contributed by atoms with E-state index in [4.69, 9.17) is 33.7 Å². The van der Waals surface area contributed by atoms with Gasteiger partial charge in [0.15, 0.2) is 0 Å². The van der Waals surface area contributed by atoms with Crippen molar-refractivity contribution in [3.8, 4) is 5.75 Å². The lowest BCUT2D eigenvalue weighted by Gasteiger charge is -2.17. The Bertz CT molecular complexity index is 613. The molecule has 0 bridgehead atoms. The summed E-state index contributed by atoms with van der Waals surface area (Å²) in [6.07, 6.45) is 0.644. The number of methoxy groups -OCH3 is 1. The Morgan fingerprint density at radius 2 is 1.75 bits per heavy atom. The van der Waals surface area contributed by atoms with E-state index in [0.29, 0.717) is 16.5 Å². The van der Waals surface area contributed by atoms with Crippen LogP contribution in [0.1, 0.15) is 22.7 Å². The van der Waals surface area contributed by atoms with E-state index in [1.54, 1.807) is 13.2 Å². The van der Waals surface area contributed by atoms with E-state index >= 15 is 0 Å². The molecule has 2 aromatic carbocycles. The minimum atomic E-state index is -0.152. The van der Waals surface area contributed by atoms with E-state index in [9.17, 15) is 0 Å². The SMILES string of the molecule is COc1ccc(Cl)cc1CC(N)c1cc(Cl)ccc1C. The van der Waals surface area contributed by atoms with Crippen molar-refractivity contribution in [3.63, 3.8) is 0 Å². The van der Waals surface area contributed by atoms with Gasteiger partial charge in [0.05, 0.1) is 7.11 Å². The second kappa shape index (κ2) is 6.49. The number of ether oxygens (including phenoxy) is 1. The van der Waals surface area contributed by atoms with E-state index in [1.165, 1.54) is 0 Å². The number of benzene rings is 2. The van der Waals surface area contributed by atoms with Gasteiger partial charge in [-0.25, -0.2) is 0 Å². The van der Waals surface area contributed by atoms with Crippen molar-refractivity contribution in [1.29, 1.82) is 0 Å². The molecule has 1 atom stereocenters.